The Hall–Kier alpha value is -1.56. The molecule has 5 nitrogen and oxygen atoms in total. The van der Waals surface area contributed by atoms with Crippen LogP contribution in [0.2, 0.25) is 0 Å². The molecule has 1 aliphatic heterocycles. The zero-order chi connectivity index (χ0) is 14.8. The van der Waals surface area contributed by atoms with E-state index in [1.807, 2.05) is 4.90 Å². The fourth-order valence-electron chi connectivity index (χ4n) is 2.41. The van der Waals surface area contributed by atoms with Crippen molar-refractivity contribution in [3.63, 3.8) is 0 Å². The lowest BCUT2D eigenvalue weighted by atomic mass is 10.2. The topological polar surface area (TPSA) is 53.8 Å². The molecule has 0 bridgehead atoms. The Balaban J connectivity index is 1.50. The molecule has 0 atom stereocenters. The molecular weight excluding hydrogens is 336 g/mol. The average molecular weight is 353 g/mol. The molecule has 0 spiro atoms. The molecule has 0 radical (unpaired) electrons. The largest absolute Gasteiger partial charge is 0.450 e. The molecule has 2 amide bonds. The lowest BCUT2D eigenvalue weighted by Gasteiger charge is -2.34. The number of piperazine rings is 1. The molecule has 0 N–H and O–H groups in total. The van der Waals surface area contributed by atoms with Crippen LogP contribution in [-0.2, 0) is 9.59 Å². The predicted octanol–water partition coefficient (Wildman–Crippen LogP) is 2.14. The van der Waals surface area contributed by atoms with Crippen molar-refractivity contribution in [1.29, 1.82) is 0 Å². The monoisotopic (exact) mass is 352 g/mol. The van der Waals surface area contributed by atoms with Gasteiger partial charge in [-0.25, -0.2) is 0 Å². The minimum atomic E-state index is -0.0407. The highest BCUT2D eigenvalue weighted by Gasteiger charge is 2.34. The molecule has 1 aromatic rings. The van der Waals surface area contributed by atoms with Crippen LogP contribution in [-0.4, -0.2) is 47.8 Å². The van der Waals surface area contributed by atoms with E-state index in [-0.39, 0.29) is 17.7 Å². The lowest BCUT2D eigenvalue weighted by molar-refractivity contribution is -0.138. The van der Waals surface area contributed by atoms with Gasteiger partial charge in [0.1, 0.15) is 5.76 Å². The lowest BCUT2D eigenvalue weighted by Crippen LogP contribution is -2.50. The van der Waals surface area contributed by atoms with Crippen molar-refractivity contribution < 1.29 is 14.0 Å². The second-order valence-electron chi connectivity index (χ2n) is 5.40. The second-order valence-corrected chi connectivity index (χ2v) is 6.18. The Morgan fingerprint density at radius 1 is 1.14 bits per heavy atom. The summed E-state index contributed by atoms with van der Waals surface area (Å²) < 4.78 is 5.95. The third kappa shape index (κ3) is 3.56. The number of furan rings is 1. The maximum atomic E-state index is 12.1. The summed E-state index contributed by atoms with van der Waals surface area (Å²) in [6.07, 6.45) is 5.23. The molecule has 1 aliphatic carbocycles. The van der Waals surface area contributed by atoms with Crippen LogP contribution in [0.25, 0.3) is 6.08 Å². The van der Waals surface area contributed by atoms with E-state index in [9.17, 15) is 9.59 Å². The zero-order valence-electron chi connectivity index (χ0n) is 11.6. The summed E-state index contributed by atoms with van der Waals surface area (Å²) in [5.74, 6) is 1.11. The minimum absolute atomic E-state index is 0.0407. The minimum Gasteiger partial charge on any atom is -0.450 e. The van der Waals surface area contributed by atoms with Gasteiger partial charge in [0.15, 0.2) is 4.67 Å². The predicted molar refractivity (Wildman–Crippen MR) is 81.3 cm³/mol. The van der Waals surface area contributed by atoms with Gasteiger partial charge in [0.05, 0.1) is 0 Å². The van der Waals surface area contributed by atoms with Crippen molar-refractivity contribution in [3.8, 4) is 0 Å². The Labute approximate surface area is 131 Å². The van der Waals surface area contributed by atoms with E-state index in [1.54, 1.807) is 23.1 Å². The number of hydrogen-bond donors (Lipinski definition) is 0. The van der Waals surface area contributed by atoms with E-state index < -0.39 is 0 Å². The van der Waals surface area contributed by atoms with Gasteiger partial charge in [-0.1, -0.05) is 0 Å². The van der Waals surface area contributed by atoms with Crippen LogP contribution in [0.3, 0.4) is 0 Å². The Kier molecular flexibility index (Phi) is 4.14. The molecular formula is C15H17BrN2O3. The van der Waals surface area contributed by atoms with Gasteiger partial charge >= 0.3 is 0 Å². The van der Waals surface area contributed by atoms with Gasteiger partial charge in [-0.2, -0.15) is 0 Å². The molecule has 112 valence electrons. The van der Waals surface area contributed by atoms with Crippen molar-refractivity contribution in [2.24, 2.45) is 5.92 Å². The highest BCUT2D eigenvalue weighted by Crippen LogP contribution is 2.31. The van der Waals surface area contributed by atoms with Gasteiger partial charge in [-0.3, -0.25) is 9.59 Å². The molecule has 3 rings (SSSR count). The van der Waals surface area contributed by atoms with Gasteiger partial charge in [-0.15, -0.1) is 0 Å². The first-order chi connectivity index (χ1) is 10.1. The van der Waals surface area contributed by atoms with Crippen LogP contribution in [0.1, 0.15) is 18.6 Å². The Morgan fingerprint density at radius 3 is 2.38 bits per heavy atom. The van der Waals surface area contributed by atoms with Gasteiger partial charge in [0.2, 0.25) is 11.8 Å². The first kappa shape index (κ1) is 14.4. The van der Waals surface area contributed by atoms with Crippen LogP contribution in [0, 0.1) is 5.92 Å². The number of rotatable bonds is 3. The van der Waals surface area contributed by atoms with E-state index in [2.05, 4.69) is 15.9 Å². The van der Waals surface area contributed by atoms with Crippen LogP contribution < -0.4 is 0 Å². The molecule has 1 saturated carbocycles. The standard InChI is InChI=1S/C15H17BrN2O3/c16-13-5-3-12(21-13)4-6-14(19)17-7-9-18(10-8-17)15(20)11-1-2-11/h3-6,11H,1-2,7-10H2/b6-4+. The van der Waals surface area contributed by atoms with E-state index in [4.69, 9.17) is 4.42 Å². The van der Waals surface area contributed by atoms with Crippen molar-refractivity contribution in [2.45, 2.75) is 12.8 Å². The fourth-order valence-corrected chi connectivity index (χ4v) is 2.73. The zero-order valence-corrected chi connectivity index (χ0v) is 13.2. The van der Waals surface area contributed by atoms with Crippen LogP contribution in [0.5, 0.6) is 0 Å². The summed E-state index contributed by atoms with van der Waals surface area (Å²) in [6.45, 7) is 2.48. The summed E-state index contributed by atoms with van der Waals surface area (Å²) >= 11 is 3.22. The molecule has 2 heterocycles. The van der Waals surface area contributed by atoms with Gasteiger partial charge in [-0.05, 0) is 47.0 Å². The normalized spacial score (nSPS) is 19.3. The van der Waals surface area contributed by atoms with Crippen molar-refractivity contribution in [1.82, 2.24) is 9.80 Å². The number of hydrogen-bond acceptors (Lipinski definition) is 3. The van der Waals surface area contributed by atoms with E-state index in [1.165, 1.54) is 6.08 Å². The van der Waals surface area contributed by atoms with Gasteiger partial charge < -0.3 is 14.2 Å². The summed E-state index contributed by atoms with van der Waals surface area (Å²) in [5, 5.41) is 0. The Morgan fingerprint density at radius 2 is 1.81 bits per heavy atom. The highest BCUT2D eigenvalue weighted by molar-refractivity contribution is 9.10. The number of carbonyl (C=O) groups excluding carboxylic acids is 2. The van der Waals surface area contributed by atoms with Gasteiger partial charge in [0.25, 0.3) is 0 Å². The molecule has 0 unspecified atom stereocenters. The van der Waals surface area contributed by atoms with Gasteiger partial charge in [0, 0.05) is 38.2 Å². The third-order valence-corrected chi connectivity index (χ3v) is 4.24. The second kappa shape index (κ2) is 6.05. The van der Waals surface area contributed by atoms with Crippen molar-refractivity contribution in [2.75, 3.05) is 26.2 Å². The Bertz CT molecular complexity index is 569. The average Bonchev–Trinajstić information content (AvgIpc) is 3.27. The summed E-state index contributed by atoms with van der Waals surface area (Å²) in [6, 6.07) is 3.58. The molecule has 0 aromatic carbocycles. The van der Waals surface area contributed by atoms with Crippen molar-refractivity contribution in [3.05, 3.63) is 28.6 Å². The number of amides is 2. The maximum Gasteiger partial charge on any atom is 0.246 e. The van der Waals surface area contributed by atoms with E-state index in [0.29, 0.717) is 36.6 Å². The molecule has 1 saturated heterocycles. The molecule has 21 heavy (non-hydrogen) atoms. The first-order valence-electron chi connectivity index (χ1n) is 7.14. The number of carbonyl (C=O) groups is 2. The summed E-state index contributed by atoms with van der Waals surface area (Å²) in [7, 11) is 0. The molecule has 2 aliphatic rings. The molecule has 2 fully saturated rings. The highest BCUT2D eigenvalue weighted by atomic mass is 79.9. The fraction of sp³-hybridized carbons (Fsp3) is 0.467. The quantitative estimate of drug-likeness (QED) is 0.783. The molecule has 1 aromatic heterocycles. The van der Waals surface area contributed by atoms with E-state index in [0.717, 1.165) is 12.8 Å². The molecule has 6 heteroatoms. The van der Waals surface area contributed by atoms with Crippen molar-refractivity contribution >= 4 is 33.8 Å². The third-order valence-electron chi connectivity index (χ3n) is 3.81. The number of nitrogens with zero attached hydrogens (tertiary/aromatic N) is 2. The first-order valence-corrected chi connectivity index (χ1v) is 7.94. The maximum absolute atomic E-state index is 12.1. The van der Waals surface area contributed by atoms with E-state index >= 15 is 0 Å². The summed E-state index contributed by atoms with van der Waals surface area (Å²) in [4.78, 5) is 27.7. The number of halogens is 1. The SMILES string of the molecule is O=C(/C=C/c1ccc(Br)o1)N1CCN(C(=O)C2CC2)CC1. The summed E-state index contributed by atoms with van der Waals surface area (Å²) in [5.41, 5.74) is 0. The van der Waals surface area contributed by atoms with Crippen LogP contribution >= 0.6 is 15.9 Å². The smallest absolute Gasteiger partial charge is 0.246 e. The van der Waals surface area contributed by atoms with Crippen LogP contribution in [0.15, 0.2) is 27.3 Å². The van der Waals surface area contributed by atoms with Crippen LogP contribution in [0.4, 0.5) is 0 Å².